The second-order valence-electron chi connectivity index (χ2n) is 9.83. The number of thiophene rings is 1. The maximum absolute atomic E-state index is 12.9. The number of Topliss-reactive ketones (excluding diaryl/α,β-unsaturated/α-hetero) is 1. The normalized spacial score (nSPS) is 12.0. The first-order valence-corrected chi connectivity index (χ1v) is 13.7. The van der Waals surface area contributed by atoms with Crippen molar-refractivity contribution < 1.29 is 4.79 Å². The molecule has 2 aromatic heterocycles. The molecule has 0 radical (unpaired) electrons. The summed E-state index contributed by atoms with van der Waals surface area (Å²) in [5.41, 5.74) is 4.32. The molecular formula is C31H35N3OS. The molecule has 36 heavy (non-hydrogen) atoms. The van der Waals surface area contributed by atoms with Crippen molar-refractivity contribution in [3.63, 3.8) is 0 Å². The predicted octanol–water partition coefficient (Wildman–Crippen LogP) is 8.69. The summed E-state index contributed by atoms with van der Waals surface area (Å²) in [4.78, 5) is 23.8. The Morgan fingerprint density at radius 3 is 2.58 bits per heavy atom. The largest absolute Gasteiger partial charge is 0.324 e. The van der Waals surface area contributed by atoms with E-state index in [9.17, 15) is 4.79 Å². The van der Waals surface area contributed by atoms with Crippen molar-refractivity contribution in [2.45, 2.75) is 58.8 Å². The number of nitrogens with zero attached hydrogens (tertiary/aromatic N) is 2. The van der Waals surface area contributed by atoms with Gasteiger partial charge in [-0.3, -0.25) is 4.79 Å². The Morgan fingerprint density at radius 2 is 1.78 bits per heavy atom. The molecule has 0 amide bonds. The Kier molecular flexibility index (Phi) is 9.01. The van der Waals surface area contributed by atoms with E-state index in [0.29, 0.717) is 12.4 Å². The molecule has 0 spiro atoms. The second kappa shape index (κ2) is 12.6. The van der Waals surface area contributed by atoms with Gasteiger partial charge in [0.15, 0.2) is 5.78 Å². The molecule has 0 bridgehead atoms. The van der Waals surface area contributed by atoms with Crippen LogP contribution in [0, 0.1) is 5.92 Å². The van der Waals surface area contributed by atoms with E-state index in [1.807, 2.05) is 42.5 Å². The van der Waals surface area contributed by atoms with E-state index in [2.05, 4.69) is 61.4 Å². The summed E-state index contributed by atoms with van der Waals surface area (Å²) in [5, 5.41) is 3.35. The number of hydrogen-bond acceptors (Lipinski definition) is 5. The summed E-state index contributed by atoms with van der Waals surface area (Å²) in [5.74, 6) is 1.67. The number of anilines is 2. The first-order valence-electron chi connectivity index (χ1n) is 12.9. The molecule has 1 atom stereocenters. The van der Waals surface area contributed by atoms with Gasteiger partial charge in [-0.2, -0.15) is 0 Å². The van der Waals surface area contributed by atoms with Gasteiger partial charge >= 0.3 is 0 Å². The highest BCUT2D eigenvalue weighted by Gasteiger charge is 2.16. The Labute approximate surface area is 218 Å². The lowest BCUT2D eigenvalue weighted by atomic mass is 9.95. The van der Waals surface area contributed by atoms with E-state index in [-0.39, 0.29) is 11.7 Å². The second-order valence-corrected chi connectivity index (χ2v) is 10.9. The first kappa shape index (κ1) is 25.8. The summed E-state index contributed by atoms with van der Waals surface area (Å²) < 4.78 is 0. The topological polar surface area (TPSA) is 54.9 Å². The van der Waals surface area contributed by atoms with E-state index in [0.717, 1.165) is 33.5 Å². The van der Waals surface area contributed by atoms with Crippen LogP contribution in [0.5, 0.6) is 0 Å². The van der Waals surface area contributed by atoms with E-state index < -0.39 is 0 Å². The predicted molar refractivity (Wildman–Crippen MR) is 151 cm³/mol. The third-order valence-corrected chi connectivity index (χ3v) is 7.48. The van der Waals surface area contributed by atoms with Gasteiger partial charge in [0.25, 0.3) is 0 Å². The van der Waals surface area contributed by atoms with E-state index in [4.69, 9.17) is 4.98 Å². The van der Waals surface area contributed by atoms with Gasteiger partial charge in [0.1, 0.15) is 0 Å². The zero-order valence-electron chi connectivity index (χ0n) is 21.4. The van der Waals surface area contributed by atoms with Gasteiger partial charge in [0.2, 0.25) is 5.95 Å². The maximum Gasteiger partial charge on any atom is 0.227 e. The number of aromatic nitrogens is 2. The van der Waals surface area contributed by atoms with Gasteiger partial charge in [0.05, 0.1) is 15.4 Å². The fourth-order valence-electron chi connectivity index (χ4n) is 4.28. The Balaban J connectivity index is 1.38. The molecule has 0 saturated carbocycles. The first-order chi connectivity index (χ1) is 17.5. The number of unbranched alkanes of at least 4 members (excludes halogenated alkanes) is 1. The zero-order chi connectivity index (χ0) is 25.3. The van der Waals surface area contributed by atoms with Crippen molar-refractivity contribution >= 4 is 28.8 Å². The van der Waals surface area contributed by atoms with Gasteiger partial charge in [-0.05, 0) is 66.1 Å². The fraction of sp³-hybridized carbons (Fsp3) is 0.323. The molecule has 0 aliphatic rings. The summed E-state index contributed by atoms with van der Waals surface area (Å²) in [7, 11) is 0. The van der Waals surface area contributed by atoms with Crippen molar-refractivity contribution in [2.75, 3.05) is 5.32 Å². The van der Waals surface area contributed by atoms with Crippen LogP contribution in [0.1, 0.15) is 73.2 Å². The average Bonchev–Trinajstić information content (AvgIpc) is 3.38. The zero-order valence-corrected chi connectivity index (χ0v) is 22.2. The Morgan fingerprint density at radius 1 is 0.944 bits per heavy atom. The lowest BCUT2D eigenvalue weighted by molar-refractivity contribution is 0.0979. The van der Waals surface area contributed by atoms with Gasteiger partial charge in [0, 0.05) is 18.3 Å². The number of carbonyl (C=O) groups is 1. The number of ketones is 1. The molecule has 4 nitrogen and oxygen atoms in total. The van der Waals surface area contributed by atoms with Crippen molar-refractivity contribution in [3.8, 4) is 10.6 Å². The Bertz CT molecular complexity index is 1270. The molecule has 0 aliphatic heterocycles. The molecule has 0 aliphatic carbocycles. The molecule has 0 fully saturated rings. The quantitative estimate of drug-likeness (QED) is 0.157. The molecule has 0 unspecified atom stereocenters. The molecule has 0 saturated heterocycles. The smallest absolute Gasteiger partial charge is 0.227 e. The standard InChI is InChI=1S/C31H35N3OS/c1-22(2)10-7-8-11-24-12-9-15-26(21-24)33-31-32-19-18-27(34-31)29-16-17-30(36-29)28(35)20-23(3)25-13-5-4-6-14-25/h4-6,9,12-19,21-23H,7-8,10-11,20H2,1-3H3,(H,32,33,34)/t23-/m0/s1. The third kappa shape index (κ3) is 7.34. The lowest BCUT2D eigenvalue weighted by Gasteiger charge is -2.10. The third-order valence-electron chi connectivity index (χ3n) is 6.33. The van der Waals surface area contributed by atoms with Crippen molar-refractivity contribution in [1.29, 1.82) is 0 Å². The molecule has 2 aromatic carbocycles. The van der Waals surface area contributed by atoms with Crippen LogP contribution in [0.15, 0.2) is 79.0 Å². The van der Waals surface area contributed by atoms with Crippen LogP contribution >= 0.6 is 11.3 Å². The van der Waals surface area contributed by atoms with E-state index >= 15 is 0 Å². The summed E-state index contributed by atoms with van der Waals surface area (Å²) in [6, 6.07) is 24.5. The van der Waals surface area contributed by atoms with Crippen LogP contribution in [0.2, 0.25) is 0 Å². The van der Waals surface area contributed by atoms with Gasteiger partial charge in [-0.25, -0.2) is 9.97 Å². The number of carbonyl (C=O) groups excluding carboxylic acids is 1. The highest BCUT2D eigenvalue weighted by molar-refractivity contribution is 7.17. The number of rotatable bonds is 12. The number of hydrogen-bond donors (Lipinski definition) is 1. The van der Waals surface area contributed by atoms with Gasteiger partial charge in [-0.1, -0.05) is 76.1 Å². The number of aryl methyl sites for hydroxylation is 1. The minimum Gasteiger partial charge on any atom is -0.324 e. The summed E-state index contributed by atoms with van der Waals surface area (Å²) >= 11 is 1.49. The minimum absolute atomic E-state index is 0.167. The van der Waals surface area contributed by atoms with Crippen LogP contribution in [0.3, 0.4) is 0 Å². The van der Waals surface area contributed by atoms with Crippen molar-refractivity contribution in [3.05, 3.63) is 95.0 Å². The van der Waals surface area contributed by atoms with Crippen molar-refractivity contribution in [1.82, 2.24) is 9.97 Å². The highest BCUT2D eigenvalue weighted by atomic mass is 32.1. The molecule has 5 heteroatoms. The SMILES string of the molecule is CC(C)CCCCc1cccc(Nc2nccc(-c3ccc(C(=O)C[C@H](C)c4ccccc4)s3)n2)c1. The van der Waals surface area contributed by atoms with Crippen LogP contribution in [-0.2, 0) is 6.42 Å². The van der Waals surface area contributed by atoms with Crippen molar-refractivity contribution in [2.24, 2.45) is 5.92 Å². The molecule has 1 N–H and O–H groups in total. The average molecular weight is 498 g/mol. The molecule has 4 rings (SSSR count). The monoisotopic (exact) mass is 497 g/mol. The van der Waals surface area contributed by atoms with Crippen LogP contribution in [-0.4, -0.2) is 15.8 Å². The number of nitrogens with one attached hydrogen (secondary N) is 1. The fourth-order valence-corrected chi connectivity index (χ4v) is 5.20. The lowest BCUT2D eigenvalue weighted by Crippen LogP contribution is -2.03. The van der Waals surface area contributed by atoms with Gasteiger partial charge in [-0.15, -0.1) is 11.3 Å². The molecule has 4 aromatic rings. The van der Waals surface area contributed by atoms with Crippen LogP contribution < -0.4 is 5.32 Å². The van der Waals surface area contributed by atoms with Gasteiger partial charge < -0.3 is 5.32 Å². The van der Waals surface area contributed by atoms with Crippen LogP contribution in [0.25, 0.3) is 10.6 Å². The highest BCUT2D eigenvalue weighted by Crippen LogP contribution is 2.30. The van der Waals surface area contributed by atoms with Crippen LogP contribution in [0.4, 0.5) is 11.6 Å². The number of benzene rings is 2. The molecule has 186 valence electrons. The van der Waals surface area contributed by atoms with E-state index in [1.165, 1.54) is 41.7 Å². The molecular weight excluding hydrogens is 462 g/mol. The summed E-state index contributed by atoms with van der Waals surface area (Å²) in [6.07, 6.45) is 7.08. The maximum atomic E-state index is 12.9. The summed E-state index contributed by atoms with van der Waals surface area (Å²) in [6.45, 7) is 6.66. The Hall–Kier alpha value is -3.31. The molecule has 2 heterocycles. The minimum atomic E-state index is 0.167. The van der Waals surface area contributed by atoms with E-state index in [1.54, 1.807) is 6.20 Å².